The van der Waals surface area contributed by atoms with Crippen LogP contribution in [0.1, 0.15) is 47.5 Å². The van der Waals surface area contributed by atoms with Crippen molar-refractivity contribution in [3.8, 4) is 0 Å². The van der Waals surface area contributed by atoms with Crippen molar-refractivity contribution in [3.63, 3.8) is 0 Å². The quantitative estimate of drug-likeness (QED) is 0.446. The molecule has 0 bridgehead atoms. The first-order valence-electron chi connectivity index (χ1n) is 8.24. The standard InChI is InChI=1S/C16H34N4O/c1-7-8-9-18-15(17-6)19-12-16(4,5)20-10-13(2)21-14(3)11-20/h13-14H,7-12H2,1-6H3,(H2,17,18,19). The Hall–Kier alpha value is -0.810. The van der Waals surface area contributed by atoms with Crippen molar-refractivity contribution in [2.45, 2.75) is 65.2 Å². The number of hydrogen-bond acceptors (Lipinski definition) is 3. The van der Waals surface area contributed by atoms with Gasteiger partial charge in [0.1, 0.15) is 0 Å². The SMILES string of the molecule is CCCCNC(=NC)NCC(C)(C)N1CC(C)OC(C)C1. The summed E-state index contributed by atoms with van der Waals surface area (Å²) in [5, 5.41) is 6.81. The van der Waals surface area contributed by atoms with Gasteiger partial charge in [-0.2, -0.15) is 0 Å². The van der Waals surface area contributed by atoms with E-state index in [1.54, 1.807) is 0 Å². The summed E-state index contributed by atoms with van der Waals surface area (Å²) in [6.45, 7) is 14.9. The predicted octanol–water partition coefficient (Wildman–Crippen LogP) is 1.84. The molecule has 0 aromatic carbocycles. The maximum Gasteiger partial charge on any atom is 0.191 e. The van der Waals surface area contributed by atoms with Crippen molar-refractivity contribution in [1.29, 1.82) is 0 Å². The lowest BCUT2D eigenvalue weighted by atomic mass is 10.00. The van der Waals surface area contributed by atoms with Crippen LogP contribution in [-0.2, 0) is 4.74 Å². The minimum Gasteiger partial charge on any atom is -0.373 e. The van der Waals surface area contributed by atoms with Crippen LogP contribution < -0.4 is 10.6 Å². The van der Waals surface area contributed by atoms with Crippen molar-refractivity contribution >= 4 is 5.96 Å². The zero-order chi connectivity index (χ0) is 15.9. The molecule has 0 aromatic rings. The molecule has 0 saturated carbocycles. The number of hydrogen-bond donors (Lipinski definition) is 2. The lowest BCUT2D eigenvalue weighted by Crippen LogP contribution is -2.59. The minimum atomic E-state index is 0.0781. The number of aliphatic imine (C=N–C) groups is 1. The second-order valence-electron chi connectivity index (χ2n) is 6.68. The highest BCUT2D eigenvalue weighted by Crippen LogP contribution is 2.20. The van der Waals surface area contributed by atoms with Gasteiger partial charge in [0, 0.05) is 38.8 Å². The van der Waals surface area contributed by atoms with Crippen molar-refractivity contribution < 1.29 is 4.74 Å². The highest BCUT2D eigenvalue weighted by molar-refractivity contribution is 5.79. The summed E-state index contributed by atoms with van der Waals surface area (Å²) < 4.78 is 5.83. The first kappa shape index (κ1) is 18.2. The Balaban J connectivity index is 2.47. The number of rotatable bonds is 6. The topological polar surface area (TPSA) is 48.9 Å². The van der Waals surface area contributed by atoms with E-state index in [1.165, 1.54) is 12.8 Å². The number of guanidine groups is 1. The molecule has 21 heavy (non-hydrogen) atoms. The molecular weight excluding hydrogens is 264 g/mol. The lowest BCUT2D eigenvalue weighted by molar-refractivity contribution is -0.0946. The van der Waals surface area contributed by atoms with Gasteiger partial charge in [-0.15, -0.1) is 0 Å². The number of nitrogens with one attached hydrogen (secondary N) is 2. The van der Waals surface area contributed by atoms with Crippen molar-refractivity contribution in [2.75, 3.05) is 33.2 Å². The van der Waals surface area contributed by atoms with E-state index in [1.807, 2.05) is 7.05 Å². The Labute approximate surface area is 130 Å². The van der Waals surface area contributed by atoms with E-state index < -0.39 is 0 Å². The van der Waals surface area contributed by atoms with Crippen LogP contribution in [0.3, 0.4) is 0 Å². The van der Waals surface area contributed by atoms with Crippen LogP contribution in [0.5, 0.6) is 0 Å². The van der Waals surface area contributed by atoms with Gasteiger partial charge in [-0.1, -0.05) is 13.3 Å². The van der Waals surface area contributed by atoms with Gasteiger partial charge in [-0.05, 0) is 34.1 Å². The van der Waals surface area contributed by atoms with Gasteiger partial charge in [0.05, 0.1) is 12.2 Å². The summed E-state index contributed by atoms with van der Waals surface area (Å²) in [6.07, 6.45) is 2.96. The fraction of sp³-hybridized carbons (Fsp3) is 0.938. The first-order valence-corrected chi connectivity index (χ1v) is 8.24. The smallest absolute Gasteiger partial charge is 0.191 e. The molecule has 1 aliphatic rings. The molecule has 2 N–H and O–H groups in total. The van der Waals surface area contributed by atoms with Crippen LogP contribution in [0.4, 0.5) is 0 Å². The van der Waals surface area contributed by atoms with E-state index >= 15 is 0 Å². The van der Waals surface area contributed by atoms with Gasteiger partial charge in [0.15, 0.2) is 5.96 Å². The van der Waals surface area contributed by atoms with Crippen LogP contribution in [-0.4, -0.2) is 61.8 Å². The van der Waals surface area contributed by atoms with Gasteiger partial charge in [-0.25, -0.2) is 0 Å². The summed E-state index contributed by atoms with van der Waals surface area (Å²) in [6, 6.07) is 0. The van der Waals surface area contributed by atoms with Crippen molar-refractivity contribution in [3.05, 3.63) is 0 Å². The first-order chi connectivity index (χ1) is 9.89. The van der Waals surface area contributed by atoms with Crippen LogP contribution in [0.15, 0.2) is 4.99 Å². The molecule has 1 aliphatic heterocycles. The summed E-state index contributed by atoms with van der Waals surface area (Å²) in [4.78, 5) is 6.80. The molecule has 0 radical (unpaired) electrons. The van der Waals surface area contributed by atoms with Gasteiger partial charge in [-0.3, -0.25) is 9.89 Å². The van der Waals surface area contributed by atoms with Gasteiger partial charge < -0.3 is 15.4 Å². The average Bonchev–Trinajstić information content (AvgIpc) is 2.41. The number of morpholine rings is 1. The predicted molar refractivity (Wildman–Crippen MR) is 89.9 cm³/mol. The zero-order valence-electron chi connectivity index (χ0n) is 14.7. The third-order valence-electron chi connectivity index (χ3n) is 4.01. The highest BCUT2D eigenvalue weighted by Gasteiger charge is 2.33. The monoisotopic (exact) mass is 298 g/mol. The summed E-state index contributed by atoms with van der Waals surface area (Å²) in [7, 11) is 1.83. The Bertz CT molecular complexity index is 320. The Morgan fingerprint density at radius 1 is 1.24 bits per heavy atom. The second kappa shape index (κ2) is 8.59. The fourth-order valence-corrected chi connectivity index (χ4v) is 2.69. The molecule has 124 valence electrons. The Morgan fingerprint density at radius 2 is 1.86 bits per heavy atom. The molecule has 0 spiro atoms. The molecule has 0 aliphatic carbocycles. The summed E-state index contributed by atoms with van der Waals surface area (Å²) in [5.74, 6) is 0.894. The molecule has 2 atom stereocenters. The number of unbranched alkanes of at least 4 members (excludes halogenated alkanes) is 1. The van der Waals surface area contributed by atoms with Gasteiger partial charge in [0.25, 0.3) is 0 Å². The second-order valence-corrected chi connectivity index (χ2v) is 6.68. The fourth-order valence-electron chi connectivity index (χ4n) is 2.69. The van der Waals surface area contributed by atoms with Gasteiger partial charge >= 0.3 is 0 Å². The third kappa shape index (κ3) is 6.22. The van der Waals surface area contributed by atoms with E-state index in [0.717, 1.165) is 32.1 Å². The molecular formula is C16H34N4O. The molecule has 5 heteroatoms. The van der Waals surface area contributed by atoms with Crippen LogP contribution in [0.2, 0.25) is 0 Å². The normalized spacial score (nSPS) is 25.0. The van der Waals surface area contributed by atoms with E-state index in [4.69, 9.17) is 4.74 Å². The van der Waals surface area contributed by atoms with Crippen LogP contribution in [0, 0.1) is 0 Å². The van der Waals surface area contributed by atoms with E-state index in [2.05, 4.69) is 55.1 Å². The molecule has 0 amide bonds. The Kier molecular flexibility index (Phi) is 7.46. The summed E-state index contributed by atoms with van der Waals surface area (Å²) in [5.41, 5.74) is 0.0781. The molecule has 1 rings (SSSR count). The maximum atomic E-state index is 5.83. The average molecular weight is 298 g/mol. The number of ether oxygens (including phenoxy) is 1. The third-order valence-corrected chi connectivity index (χ3v) is 4.01. The molecule has 1 heterocycles. The molecule has 5 nitrogen and oxygen atoms in total. The zero-order valence-corrected chi connectivity index (χ0v) is 14.7. The minimum absolute atomic E-state index is 0.0781. The molecule has 1 saturated heterocycles. The number of nitrogens with zero attached hydrogens (tertiary/aromatic N) is 2. The van der Waals surface area contributed by atoms with Gasteiger partial charge in [0.2, 0.25) is 0 Å². The Morgan fingerprint density at radius 3 is 2.38 bits per heavy atom. The van der Waals surface area contributed by atoms with E-state index in [-0.39, 0.29) is 5.54 Å². The van der Waals surface area contributed by atoms with Crippen LogP contribution in [0.25, 0.3) is 0 Å². The van der Waals surface area contributed by atoms with Crippen molar-refractivity contribution in [2.24, 2.45) is 4.99 Å². The highest BCUT2D eigenvalue weighted by atomic mass is 16.5. The molecule has 0 aromatic heterocycles. The van der Waals surface area contributed by atoms with E-state index in [0.29, 0.717) is 12.2 Å². The molecule has 1 fully saturated rings. The maximum absolute atomic E-state index is 5.83. The van der Waals surface area contributed by atoms with Crippen molar-refractivity contribution in [1.82, 2.24) is 15.5 Å². The lowest BCUT2D eigenvalue weighted by Gasteiger charge is -2.45. The molecule has 2 unspecified atom stereocenters. The van der Waals surface area contributed by atoms with E-state index in [9.17, 15) is 0 Å². The summed E-state index contributed by atoms with van der Waals surface area (Å²) >= 11 is 0. The van der Waals surface area contributed by atoms with Crippen LogP contribution >= 0.6 is 0 Å². The largest absolute Gasteiger partial charge is 0.373 e.